The summed E-state index contributed by atoms with van der Waals surface area (Å²) in [6, 6.07) is 25.6. The van der Waals surface area contributed by atoms with Crippen molar-refractivity contribution >= 4 is 33.4 Å². The van der Waals surface area contributed by atoms with E-state index >= 15 is 0 Å². The van der Waals surface area contributed by atoms with Crippen molar-refractivity contribution in [2.24, 2.45) is 0 Å². The van der Waals surface area contributed by atoms with E-state index in [1.165, 1.54) is 59.8 Å². The first-order chi connectivity index (χ1) is 14.0. The molecule has 2 aromatic carbocycles. The van der Waals surface area contributed by atoms with Crippen LogP contribution >= 0.6 is 33.4 Å². The molecule has 0 saturated carbocycles. The number of hydrogen-bond acceptors (Lipinski definition) is 0. The van der Waals surface area contributed by atoms with Crippen LogP contribution in [0.15, 0.2) is 72.8 Å². The van der Waals surface area contributed by atoms with Crippen LogP contribution in [-0.4, -0.2) is 0 Å². The Hall–Kier alpha value is -0.537. The van der Waals surface area contributed by atoms with Gasteiger partial charge in [-0.2, -0.15) is 24.6 Å². The molecular weight excluding hydrogens is 512 g/mol. The van der Waals surface area contributed by atoms with Crippen molar-refractivity contribution in [1.82, 2.24) is 0 Å². The number of benzene rings is 2. The van der Waals surface area contributed by atoms with Crippen LogP contribution in [0.4, 0.5) is 0 Å². The van der Waals surface area contributed by atoms with Gasteiger partial charge >= 0.3 is 37.9 Å². The SMILES string of the molecule is Cc1p[c-](C)c(C)c1C.[Cl][Zr+2][Cl].c1ccc(-c2cc[c-](-c3ccccc3)p2)cc1. The van der Waals surface area contributed by atoms with Crippen LogP contribution in [0, 0.1) is 27.7 Å². The Labute approximate surface area is 196 Å². The van der Waals surface area contributed by atoms with Gasteiger partial charge in [-0.05, 0) is 0 Å². The molecule has 0 aliphatic rings. The van der Waals surface area contributed by atoms with Gasteiger partial charge < -0.3 is 0 Å². The molecule has 2 aromatic heterocycles. The Morgan fingerprint density at radius 3 is 1.79 bits per heavy atom. The molecule has 0 saturated heterocycles. The molecule has 0 N–H and O–H groups in total. The maximum Gasteiger partial charge on any atom is -0.0541 e. The van der Waals surface area contributed by atoms with Crippen molar-refractivity contribution in [3.05, 3.63) is 94.5 Å². The van der Waals surface area contributed by atoms with Crippen molar-refractivity contribution in [2.45, 2.75) is 27.7 Å². The zero-order chi connectivity index (χ0) is 21.2. The smallest absolute Gasteiger partial charge is 0.0541 e. The first-order valence-electron chi connectivity index (χ1n) is 9.25. The molecule has 0 radical (unpaired) electrons. The second kappa shape index (κ2) is 13.0. The minimum atomic E-state index is -0.826. The maximum absolute atomic E-state index is 4.93. The summed E-state index contributed by atoms with van der Waals surface area (Å²) in [4.78, 5) is 0. The summed E-state index contributed by atoms with van der Waals surface area (Å²) in [6.45, 7) is 8.82. The van der Waals surface area contributed by atoms with Crippen LogP contribution in [0.2, 0.25) is 0 Å². The first kappa shape index (κ1) is 24.7. The van der Waals surface area contributed by atoms with E-state index in [0.29, 0.717) is 0 Å². The fraction of sp³-hybridized carbons (Fsp3) is 0.167. The second-order valence-electron chi connectivity index (χ2n) is 6.55. The summed E-state index contributed by atoms with van der Waals surface area (Å²) in [5.74, 6) is 0. The third kappa shape index (κ3) is 7.58. The third-order valence-corrected chi connectivity index (χ3v) is 7.40. The molecule has 0 amide bonds. The van der Waals surface area contributed by atoms with E-state index in [9.17, 15) is 0 Å². The van der Waals surface area contributed by atoms with E-state index in [-0.39, 0.29) is 0 Å². The van der Waals surface area contributed by atoms with E-state index in [4.69, 9.17) is 17.0 Å². The van der Waals surface area contributed by atoms with Crippen LogP contribution in [0.5, 0.6) is 0 Å². The molecule has 29 heavy (non-hydrogen) atoms. The van der Waals surface area contributed by atoms with Crippen molar-refractivity contribution in [3.63, 3.8) is 0 Å². The van der Waals surface area contributed by atoms with Crippen molar-refractivity contribution < 1.29 is 20.8 Å². The molecule has 0 fully saturated rings. The van der Waals surface area contributed by atoms with Gasteiger partial charge in [0.25, 0.3) is 0 Å². The molecule has 0 aliphatic heterocycles. The molecule has 5 heteroatoms. The Morgan fingerprint density at radius 1 is 0.793 bits per heavy atom. The zero-order valence-electron chi connectivity index (χ0n) is 17.1. The summed E-state index contributed by atoms with van der Waals surface area (Å²) in [5.41, 5.74) is 5.62. The molecule has 0 nitrogen and oxygen atoms in total. The van der Waals surface area contributed by atoms with Gasteiger partial charge in [0.05, 0.1) is 0 Å². The Balaban J connectivity index is 0.000000211. The largest absolute Gasteiger partial charge is 0.152 e. The quantitative estimate of drug-likeness (QED) is 0.224. The van der Waals surface area contributed by atoms with Gasteiger partial charge in [0, 0.05) is 0 Å². The van der Waals surface area contributed by atoms with E-state index in [1.54, 1.807) is 0 Å². The van der Waals surface area contributed by atoms with Gasteiger partial charge in [-0.1, -0.05) is 92.4 Å². The summed E-state index contributed by atoms with van der Waals surface area (Å²) >= 11 is -0.826. The zero-order valence-corrected chi connectivity index (χ0v) is 22.8. The van der Waals surface area contributed by atoms with Crippen molar-refractivity contribution in [2.75, 3.05) is 0 Å². The van der Waals surface area contributed by atoms with E-state index in [1.807, 2.05) is 0 Å². The molecule has 0 bridgehead atoms. The molecule has 0 aliphatic carbocycles. The Kier molecular flexibility index (Phi) is 11.1. The van der Waals surface area contributed by atoms with E-state index in [2.05, 4.69) is 100 Å². The van der Waals surface area contributed by atoms with Gasteiger partial charge in [0.15, 0.2) is 0 Å². The molecular formula is C24H24Cl2P2Zr. The van der Waals surface area contributed by atoms with Crippen LogP contribution in [-0.2, 0) is 20.8 Å². The van der Waals surface area contributed by atoms with Gasteiger partial charge in [-0.15, -0.1) is 35.1 Å². The van der Waals surface area contributed by atoms with Gasteiger partial charge in [-0.3, -0.25) is 0 Å². The molecule has 0 atom stereocenters. The standard InChI is InChI=1S/C16H12P.C8H12P.2ClH.Zr/c1-3-7-13(8-4-1)15-11-12-16(17-15)14-9-5-2-6-10-14;1-5-6(2)8(4)9-7(5)3;;;/h1-12H;1-4H3;2*1H;/q2*-1;;;+4/p-2. The summed E-state index contributed by atoms with van der Waals surface area (Å²) in [5, 5.41) is 5.80. The molecule has 0 spiro atoms. The fourth-order valence-electron chi connectivity index (χ4n) is 2.86. The third-order valence-electron chi connectivity index (χ3n) is 4.76. The van der Waals surface area contributed by atoms with Gasteiger partial charge in [0.2, 0.25) is 0 Å². The fourth-order valence-corrected chi connectivity index (χ4v) is 5.15. The normalized spacial score (nSPS) is 10.1. The second-order valence-corrected chi connectivity index (χ2v) is 13.0. The molecule has 2 heterocycles. The predicted molar refractivity (Wildman–Crippen MR) is 131 cm³/mol. The average Bonchev–Trinajstić information content (AvgIpc) is 3.32. The minimum Gasteiger partial charge on any atom is -0.152 e. The topological polar surface area (TPSA) is 0 Å². The minimum absolute atomic E-state index is 0.826. The van der Waals surface area contributed by atoms with Gasteiger partial charge in [-0.25, -0.2) is 8.19 Å². The average molecular weight is 537 g/mol. The number of aryl methyl sites for hydroxylation is 2. The van der Waals surface area contributed by atoms with Crippen LogP contribution in [0.3, 0.4) is 0 Å². The van der Waals surface area contributed by atoms with Crippen LogP contribution in [0.25, 0.3) is 21.7 Å². The monoisotopic (exact) mass is 534 g/mol. The molecule has 4 aromatic rings. The number of halogens is 2. The first-order valence-corrected chi connectivity index (χ1v) is 17.4. The number of rotatable bonds is 2. The molecule has 4 rings (SSSR count). The van der Waals surface area contributed by atoms with E-state index in [0.717, 1.165) is 0 Å². The van der Waals surface area contributed by atoms with Crippen LogP contribution in [0.1, 0.15) is 21.7 Å². The Morgan fingerprint density at radius 2 is 1.34 bits per heavy atom. The predicted octanol–water partition coefficient (Wildman–Crippen LogP) is 9.92. The summed E-state index contributed by atoms with van der Waals surface area (Å²) < 4.78 is 0. The van der Waals surface area contributed by atoms with Crippen molar-refractivity contribution in [1.29, 1.82) is 0 Å². The summed E-state index contributed by atoms with van der Waals surface area (Å²) in [7, 11) is 12.6. The Bertz CT molecular complexity index is 916. The summed E-state index contributed by atoms with van der Waals surface area (Å²) in [6.07, 6.45) is 0. The molecule has 148 valence electrons. The maximum atomic E-state index is 4.93. The number of hydrogen-bond donors (Lipinski definition) is 0. The van der Waals surface area contributed by atoms with Crippen LogP contribution < -0.4 is 0 Å². The molecule has 0 unspecified atom stereocenters. The van der Waals surface area contributed by atoms with Gasteiger partial charge in [0.1, 0.15) is 0 Å². The van der Waals surface area contributed by atoms with Crippen molar-refractivity contribution in [3.8, 4) is 21.7 Å². The van der Waals surface area contributed by atoms with E-state index < -0.39 is 20.8 Å².